The normalized spacial score (nSPS) is 12.8. The van der Waals surface area contributed by atoms with Gasteiger partial charge in [0.15, 0.2) is 0 Å². The summed E-state index contributed by atoms with van der Waals surface area (Å²) in [5.41, 5.74) is -2.02. The van der Waals surface area contributed by atoms with E-state index in [1.807, 2.05) is 13.8 Å². The summed E-state index contributed by atoms with van der Waals surface area (Å²) in [6, 6.07) is 0. The molecule has 0 saturated heterocycles. The third-order valence-corrected chi connectivity index (χ3v) is 3.09. The molecule has 6 nitrogen and oxygen atoms in total. The third kappa shape index (κ3) is 7.19. The third-order valence-electron chi connectivity index (χ3n) is 3.09. The Morgan fingerprint density at radius 3 is 2.05 bits per heavy atom. The minimum absolute atomic E-state index is 0.0901. The minimum Gasteiger partial charge on any atom is -0.394 e. The predicted molar refractivity (Wildman–Crippen MR) is 76.2 cm³/mol. The van der Waals surface area contributed by atoms with Crippen LogP contribution in [0.2, 0.25) is 0 Å². The average Bonchev–Trinajstić information content (AvgIpc) is 2.34. The molecule has 4 N–H and O–H groups in total. The van der Waals surface area contributed by atoms with Crippen LogP contribution in [-0.4, -0.2) is 58.8 Å². The zero-order valence-electron chi connectivity index (χ0n) is 13.0. The number of hydrogen-bond acceptors (Lipinski definition) is 5. The van der Waals surface area contributed by atoms with Crippen LogP contribution in [0.4, 0.5) is 0 Å². The molecule has 0 bridgehead atoms. The van der Waals surface area contributed by atoms with Crippen molar-refractivity contribution >= 4 is 5.91 Å². The van der Waals surface area contributed by atoms with Crippen LogP contribution in [0.25, 0.3) is 0 Å². The molecule has 0 atom stereocenters. The molecule has 0 rings (SSSR count). The molecule has 20 heavy (non-hydrogen) atoms. The van der Waals surface area contributed by atoms with Crippen molar-refractivity contribution in [1.82, 2.24) is 5.32 Å². The predicted octanol–water partition coefficient (Wildman–Crippen LogP) is 0.0497. The first-order valence-electron chi connectivity index (χ1n) is 6.98. The maximum absolute atomic E-state index is 11.9. The fourth-order valence-corrected chi connectivity index (χ4v) is 1.62. The molecule has 0 aliphatic rings. The smallest absolute Gasteiger partial charge is 0.223 e. The molecule has 0 spiro atoms. The molecule has 6 heteroatoms. The number of aliphatic hydroxyl groups is 3. The van der Waals surface area contributed by atoms with E-state index in [2.05, 4.69) is 19.2 Å². The van der Waals surface area contributed by atoms with E-state index in [1.54, 1.807) is 0 Å². The van der Waals surface area contributed by atoms with Gasteiger partial charge in [-0.2, -0.15) is 0 Å². The van der Waals surface area contributed by atoms with Crippen molar-refractivity contribution in [2.45, 2.75) is 51.7 Å². The number of ether oxygens (including phenoxy) is 1. The van der Waals surface area contributed by atoms with Gasteiger partial charge in [-0.3, -0.25) is 4.79 Å². The Balaban J connectivity index is 4.36. The van der Waals surface area contributed by atoms with E-state index >= 15 is 0 Å². The maximum Gasteiger partial charge on any atom is 0.223 e. The van der Waals surface area contributed by atoms with Gasteiger partial charge < -0.3 is 25.4 Å². The van der Waals surface area contributed by atoms with Crippen LogP contribution in [0.1, 0.15) is 40.5 Å². The number of carbonyl (C=O) groups is 1. The molecule has 0 radical (unpaired) electrons. The second kappa shape index (κ2) is 8.56. The maximum atomic E-state index is 11.9. The van der Waals surface area contributed by atoms with E-state index in [-0.39, 0.29) is 12.3 Å². The molecular weight excluding hydrogens is 262 g/mol. The minimum atomic E-state index is -1.38. The highest BCUT2D eigenvalue weighted by molar-refractivity contribution is 5.77. The lowest BCUT2D eigenvalue weighted by molar-refractivity contribution is -0.131. The van der Waals surface area contributed by atoms with Crippen LogP contribution < -0.4 is 5.32 Å². The second-order valence-corrected chi connectivity index (χ2v) is 6.27. The Morgan fingerprint density at radius 2 is 1.65 bits per heavy atom. The van der Waals surface area contributed by atoms with E-state index in [4.69, 9.17) is 20.1 Å². The highest BCUT2D eigenvalue weighted by Crippen LogP contribution is 2.16. The number of hydrogen-bond donors (Lipinski definition) is 4. The average molecular weight is 291 g/mol. The standard InChI is InChI=1S/C14H29NO5/c1-11(2)5-6-20-13(3,4)7-12(19)15-14(8-16,9-17)10-18/h11,16-18H,5-10H2,1-4H3,(H,15,19). The van der Waals surface area contributed by atoms with E-state index in [9.17, 15) is 4.79 Å². The van der Waals surface area contributed by atoms with Gasteiger partial charge in [-0.15, -0.1) is 0 Å². The fourth-order valence-electron chi connectivity index (χ4n) is 1.62. The van der Waals surface area contributed by atoms with E-state index < -0.39 is 31.0 Å². The van der Waals surface area contributed by atoms with Gasteiger partial charge in [0.05, 0.1) is 31.8 Å². The lowest BCUT2D eigenvalue weighted by Crippen LogP contribution is -2.57. The van der Waals surface area contributed by atoms with Gasteiger partial charge in [0.2, 0.25) is 5.91 Å². The highest BCUT2D eigenvalue weighted by atomic mass is 16.5. The van der Waals surface area contributed by atoms with Crippen LogP contribution in [0, 0.1) is 5.92 Å². The van der Waals surface area contributed by atoms with E-state index in [0.29, 0.717) is 12.5 Å². The Bertz CT molecular complexity index is 279. The molecule has 0 heterocycles. The number of nitrogens with one attached hydrogen (secondary N) is 1. The molecule has 0 aromatic carbocycles. The van der Waals surface area contributed by atoms with Crippen molar-refractivity contribution < 1.29 is 24.9 Å². The van der Waals surface area contributed by atoms with Crippen LogP contribution >= 0.6 is 0 Å². The van der Waals surface area contributed by atoms with Crippen molar-refractivity contribution in [3.63, 3.8) is 0 Å². The molecule has 0 fully saturated rings. The molecule has 0 unspecified atom stereocenters. The van der Waals surface area contributed by atoms with E-state index in [1.165, 1.54) is 0 Å². The molecule has 0 aliphatic carbocycles. The van der Waals surface area contributed by atoms with Gasteiger partial charge in [-0.05, 0) is 26.2 Å². The summed E-state index contributed by atoms with van der Waals surface area (Å²) < 4.78 is 5.68. The molecule has 0 saturated carbocycles. The van der Waals surface area contributed by atoms with Crippen molar-refractivity contribution in [3.8, 4) is 0 Å². The Labute approximate surface area is 121 Å². The molecule has 0 aliphatic heterocycles. The van der Waals surface area contributed by atoms with Gasteiger partial charge in [-0.25, -0.2) is 0 Å². The monoisotopic (exact) mass is 291 g/mol. The summed E-state index contributed by atoms with van der Waals surface area (Å²) in [4.78, 5) is 11.9. The summed E-state index contributed by atoms with van der Waals surface area (Å²) in [5, 5.41) is 29.9. The van der Waals surface area contributed by atoms with Gasteiger partial charge in [0.25, 0.3) is 0 Å². The van der Waals surface area contributed by atoms with Crippen molar-refractivity contribution in [3.05, 3.63) is 0 Å². The summed E-state index contributed by atoms with van der Waals surface area (Å²) >= 11 is 0. The van der Waals surface area contributed by atoms with Crippen LogP contribution in [0.5, 0.6) is 0 Å². The van der Waals surface area contributed by atoms with Crippen molar-refractivity contribution in [2.24, 2.45) is 5.92 Å². The first kappa shape index (κ1) is 19.3. The Kier molecular flexibility index (Phi) is 8.27. The first-order valence-corrected chi connectivity index (χ1v) is 6.98. The number of amides is 1. The fraction of sp³-hybridized carbons (Fsp3) is 0.929. The summed E-state index contributed by atoms with van der Waals surface area (Å²) in [7, 11) is 0. The molecule has 0 aromatic heterocycles. The quantitative estimate of drug-likeness (QED) is 0.456. The Hall–Kier alpha value is -0.690. The second-order valence-electron chi connectivity index (χ2n) is 6.27. The molecule has 0 aromatic rings. The molecule has 1 amide bonds. The number of rotatable bonds is 10. The van der Waals surface area contributed by atoms with Gasteiger partial charge in [0.1, 0.15) is 5.54 Å². The number of aliphatic hydroxyl groups excluding tert-OH is 3. The summed E-state index contributed by atoms with van der Waals surface area (Å²) in [5.74, 6) is 0.155. The Morgan fingerprint density at radius 1 is 1.15 bits per heavy atom. The molecule has 120 valence electrons. The number of carbonyl (C=O) groups excluding carboxylic acids is 1. The SMILES string of the molecule is CC(C)CCOC(C)(C)CC(=O)NC(CO)(CO)CO. The van der Waals surface area contributed by atoms with Crippen molar-refractivity contribution in [2.75, 3.05) is 26.4 Å². The van der Waals surface area contributed by atoms with Crippen LogP contribution in [0.3, 0.4) is 0 Å². The largest absolute Gasteiger partial charge is 0.394 e. The van der Waals surface area contributed by atoms with Gasteiger partial charge in [0, 0.05) is 6.61 Å². The zero-order chi connectivity index (χ0) is 15.8. The zero-order valence-corrected chi connectivity index (χ0v) is 13.0. The van der Waals surface area contributed by atoms with Crippen LogP contribution in [0.15, 0.2) is 0 Å². The topological polar surface area (TPSA) is 99.0 Å². The van der Waals surface area contributed by atoms with Gasteiger partial charge >= 0.3 is 0 Å². The lowest BCUT2D eigenvalue weighted by Gasteiger charge is -2.31. The van der Waals surface area contributed by atoms with E-state index in [0.717, 1.165) is 6.42 Å². The summed E-state index contributed by atoms with van der Waals surface area (Å²) in [6.45, 7) is 6.81. The van der Waals surface area contributed by atoms with Gasteiger partial charge in [-0.1, -0.05) is 13.8 Å². The summed E-state index contributed by atoms with van der Waals surface area (Å²) in [6.07, 6.45) is 1.01. The highest BCUT2D eigenvalue weighted by Gasteiger charge is 2.32. The van der Waals surface area contributed by atoms with Crippen LogP contribution in [-0.2, 0) is 9.53 Å². The first-order chi connectivity index (χ1) is 9.20. The molecular formula is C14H29NO5. The lowest BCUT2D eigenvalue weighted by atomic mass is 10.00. The van der Waals surface area contributed by atoms with Crippen molar-refractivity contribution in [1.29, 1.82) is 0 Å².